The molecule has 0 radical (unpaired) electrons. The van der Waals surface area contributed by atoms with Crippen LogP contribution in [0.5, 0.6) is 0 Å². The summed E-state index contributed by atoms with van der Waals surface area (Å²) in [5, 5.41) is 13.1. The number of halogens is 1. The third-order valence-corrected chi connectivity index (χ3v) is 6.17. The lowest BCUT2D eigenvalue weighted by atomic mass is 9.69. The molecular weight excluding hydrogens is 400 g/mol. The van der Waals surface area contributed by atoms with Gasteiger partial charge in [0.05, 0.1) is 17.6 Å². The number of Topliss-reactive ketones (excluding diaryl/α,β-unsaturated/α-hetero) is 1. The summed E-state index contributed by atoms with van der Waals surface area (Å²) >= 11 is 3.61. The standard InChI is InChI=1S/C23H19BrN2O/c1-14-18(13-25)22(17-9-5-6-10-19(17)24)23-20(26-14)11-16(12-21(23)27)15-7-3-2-4-8-15/h2-11,16,22-23,26H,12H2,1H3. The maximum atomic E-state index is 13.2. The molecule has 3 atom stereocenters. The highest BCUT2D eigenvalue weighted by Crippen LogP contribution is 2.47. The number of carbonyl (C=O) groups is 1. The number of allylic oxidation sites excluding steroid dienone is 4. The van der Waals surface area contributed by atoms with E-state index in [9.17, 15) is 10.1 Å². The van der Waals surface area contributed by atoms with Crippen molar-refractivity contribution in [2.45, 2.75) is 25.2 Å². The zero-order valence-corrected chi connectivity index (χ0v) is 16.5. The molecule has 1 aliphatic heterocycles. The Labute approximate surface area is 167 Å². The summed E-state index contributed by atoms with van der Waals surface area (Å²) in [6.45, 7) is 1.91. The average molecular weight is 419 g/mol. The number of hydrogen-bond acceptors (Lipinski definition) is 3. The number of benzene rings is 2. The van der Waals surface area contributed by atoms with Crippen LogP contribution in [0.15, 0.2) is 82.1 Å². The van der Waals surface area contributed by atoms with Crippen molar-refractivity contribution in [1.82, 2.24) is 5.32 Å². The molecule has 27 heavy (non-hydrogen) atoms. The van der Waals surface area contributed by atoms with Gasteiger partial charge in [0.2, 0.25) is 0 Å². The second-order valence-electron chi connectivity index (χ2n) is 7.06. The number of carbonyl (C=O) groups excluding carboxylic acids is 1. The van der Waals surface area contributed by atoms with Crippen molar-refractivity contribution in [1.29, 1.82) is 5.26 Å². The highest BCUT2D eigenvalue weighted by molar-refractivity contribution is 9.10. The second kappa shape index (κ2) is 7.17. The summed E-state index contributed by atoms with van der Waals surface area (Å²) in [6, 6.07) is 20.3. The molecule has 2 aromatic rings. The van der Waals surface area contributed by atoms with Crippen LogP contribution in [0.25, 0.3) is 0 Å². The van der Waals surface area contributed by atoms with Crippen LogP contribution in [-0.4, -0.2) is 5.78 Å². The number of rotatable bonds is 2. The molecule has 0 fully saturated rings. The van der Waals surface area contributed by atoms with Crippen molar-refractivity contribution in [3.8, 4) is 6.07 Å². The SMILES string of the molecule is CC1=C(C#N)C(c2ccccc2Br)C2C(=O)CC(c3ccccc3)C=C2N1. The first kappa shape index (κ1) is 17.8. The molecule has 3 unspecified atom stereocenters. The van der Waals surface area contributed by atoms with E-state index >= 15 is 0 Å². The molecule has 1 aliphatic carbocycles. The van der Waals surface area contributed by atoms with Gasteiger partial charge in [0.15, 0.2) is 0 Å². The Morgan fingerprint density at radius 3 is 2.48 bits per heavy atom. The van der Waals surface area contributed by atoms with Gasteiger partial charge in [0.1, 0.15) is 5.78 Å². The second-order valence-corrected chi connectivity index (χ2v) is 7.92. The van der Waals surface area contributed by atoms with Crippen LogP contribution < -0.4 is 5.32 Å². The summed E-state index contributed by atoms with van der Waals surface area (Å²) in [7, 11) is 0. The summed E-state index contributed by atoms with van der Waals surface area (Å²) in [6.07, 6.45) is 2.63. The fourth-order valence-electron chi connectivity index (χ4n) is 4.20. The first-order chi connectivity index (χ1) is 13.1. The molecule has 2 aliphatic rings. The maximum absolute atomic E-state index is 13.2. The molecule has 3 nitrogen and oxygen atoms in total. The molecule has 0 aromatic heterocycles. The number of ketones is 1. The molecule has 0 saturated carbocycles. The normalized spacial score (nSPS) is 24.6. The molecule has 1 heterocycles. The fraction of sp³-hybridized carbons (Fsp3) is 0.217. The van der Waals surface area contributed by atoms with Gasteiger partial charge in [-0.3, -0.25) is 4.79 Å². The Hall–Kier alpha value is -2.64. The predicted molar refractivity (Wildman–Crippen MR) is 109 cm³/mol. The van der Waals surface area contributed by atoms with Gasteiger partial charge in [-0.25, -0.2) is 0 Å². The van der Waals surface area contributed by atoms with Crippen molar-refractivity contribution in [2.75, 3.05) is 0 Å². The molecule has 134 valence electrons. The Balaban J connectivity index is 1.84. The van der Waals surface area contributed by atoms with E-state index in [1.807, 2.05) is 49.4 Å². The molecule has 0 bridgehead atoms. The summed E-state index contributed by atoms with van der Waals surface area (Å²) in [5.74, 6) is -0.368. The highest BCUT2D eigenvalue weighted by atomic mass is 79.9. The van der Waals surface area contributed by atoms with Gasteiger partial charge in [-0.2, -0.15) is 5.26 Å². The van der Waals surface area contributed by atoms with Crippen molar-refractivity contribution in [3.63, 3.8) is 0 Å². The fourth-order valence-corrected chi connectivity index (χ4v) is 4.73. The van der Waals surface area contributed by atoms with Gasteiger partial charge < -0.3 is 5.32 Å². The van der Waals surface area contributed by atoms with Gasteiger partial charge in [-0.15, -0.1) is 0 Å². The van der Waals surface area contributed by atoms with E-state index in [1.165, 1.54) is 0 Å². The summed E-state index contributed by atoms with van der Waals surface area (Å²) in [5.41, 5.74) is 4.50. The molecule has 4 rings (SSSR count). The smallest absolute Gasteiger partial charge is 0.143 e. The van der Waals surface area contributed by atoms with Gasteiger partial charge >= 0.3 is 0 Å². The monoisotopic (exact) mass is 418 g/mol. The van der Waals surface area contributed by atoms with Crippen LogP contribution >= 0.6 is 15.9 Å². The average Bonchev–Trinajstić information content (AvgIpc) is 2.68. The van der Waals surface area contributed by atoms with E-state index in [0.717, 1.165) is 27.0 Å². The number of nitrogens with zero attached hydrogens (tertiary/aromatic N) is 1. The van der Waals surface area contributed by atoms with E-state index in [2.05, 4.69) is 45.5 Å². The zero-order chi connectivity index (χ0) is 19.0. The first-order valence-corrected chi connectivity index (χ1v) is 9.81. The molecule has 0 spiro atoms. The van der Waals surface area contributed by atoms with E-state index in [1.54, 1.807) is 0 Å². The largest absolute Gasteiger partial charge is 0.361 e. The Morgan fingerprint density at radius 1 is 1.07 bits per heavy atom. The summed E-state index contributed by atoms with van der Waals surface area (Å²) < 4.78 is 0.926. The van der Waals surface area contributed by atoms with E-state index in [0.29, 0.717) is 12.0 Å². The van der Waals surface area contributed by atoms with Crippen LogP contribution in [0.1, 0.15) is 36.3 Å². The molecule has 4 heteroatoms. The lowest BCUT2D eigenvalue weighted by Crippen LogP contribution is -2.40. The van der Waals surface area contributed by atoms with Crippen molar-refractivity contribution >= 4 is 21.7 Å². The van der Waals surface area contributed by atoms with Crippen LogP contribution in [0.3, 0.4) is 0 Å². The topological polar surface area (TPSA) is 52.9 Å². The van der Waals surface area contributed by atoms with Crippen molar-refractivity contribution in [3.05, 3.63) is 93.2 Å². The Kier molecular flexibility index (Phi) is 4.72. The van der Waals surface area contributed by atoms with Gasteiger partial charge in [-0.1, -0.05) is 70.5 Å². The van der Waals surface area contributed by atoms with Gasteiger partial charge in [0, 0.05) is 34.1 Å². The minimum atomic E-state index is -0.345. The number of nitriles is 1. The Bertz CT molecular complexity index is 1000. The Morgan fingerprint density at radius 2 is 1.78 bits per heavy atom. The predicted octanol–water partition coefficient (Wildman–Crippen LogP) is 5.19. The number of fused-ring (bicyclic) bond motifs is 1. The van der Waals surface area contributed by atoms with E-state index < -0.39 is 0 Å². The minimum absolute atomic E-state index is 0.0637. The van der Waals surface area contributed by atoms with E-state index in [4.69, 9.17) is 0 Å². The molecule has 0 amide bonds. The van der Waals surface area contributed by atoms with Gasteiger partial charge in [-0.05, 0) is 24.1 Å². The van der Waals surface area contributed by atoms with Crippen LogP contribution in [0.2, 0.25) is 0 Å². The minimum Gasteiger partial charge on any atom is -0.361 e. The summed E-state index contributed by atoms with van der Waals surface area (Å²) in [4.78, 5) is 13.2. The molecular formula is C23H19BrN2O. The number of nitrogens with one attached hydrogen (secondary N) is 1. The van der Waals surface area contributed by atoms with Crippen LogP contribution in [0.4, 0.5) is 0 Å². The first-order valence-electron chi connectivity index (χ1n) is 9.02. The van der Waals surface area contributed by atoms with Gasteiger partial charge in [0.25, 0.3) is 0 Å². The van der Waals surface area contributed by atoms with Crippen molar-refractivity contribution < 1.29 is 4.79 Å². The third kappa shape index (κ3) is 3.13. The van der Waals surface area contributed by atoms with E-state index in [-0.39, 0.29) is 23.5 Å². The molecule has 0 saturated heterocycles. The number of hydrogen-bond donors (Lipinski definition) is 1. The van der Waals surface area contributed by atoms with Crippen molar-refractivity contribution in [2.24, 2.45) is 5.92 Å². The quantitative estimate of drug-likeness (QED) is 0.729. The van der Waals surface area contributed by atoms with Crippen LogP contribution in [-0.2, 0) is 4.79 Å². The zero-order valence-electron chi connectivity index (χ0n) is 14.9. The molecule has 2 aromatic carbocycles. The highest BCUT2D eigenvalue weighted by Gasteiger charge is 2.43. The lowest BCUT2D eigenvalue weighted by molar-refractivity contribution is -0.123. The lowest BCUT2D eigenvalue weighted by Gasteiger charge is -2.38. The molecule has 1 N–H and O–H groups in total. The third-order valence-electron chi connectivity index (χ3n) is 5.45. The van der Waals surface area contributed by atoms with Crippen LogP contribution in [0, 0.1) is 17.2 Å². The maximum Gasteiger partial charge on any atom is 0.143 e.